The minimum absolute atomic E-state index is 0.0310. The molecule has 0 saturated carbocycles. The van der Waals surface area contributed by atoms with Crippen LogP contribution in [0.5, 0.6) is 0 Å². The van der Waals surface area contributed by atoms with Crippen molar-refractivity contribution in [3.8, 4) is 11.1 Å². The summed E-state index contributed by atoms with van der Waals surface area (Å²) in [7, 11) is 0. The molecule has 1 aromatic heterocycles. The number of carbonyl (C=O) groups is 1. The standard InChI is InChI=1S/C19H18ClN3O2S/c20-15-11-16-17(10-14(15)13-4-2-1-3-5-13)26-19(25)23(16)12-18(24)22-8-6-21-7-9-22/h1-5,10-11,21H,6-9,12H2. The molecule has 1 fully saturated rings. The molecule has 7 heteroatoms. The molecule has 2 aromatic carbocycles. The molecule has 0 unspecified atom stereocenters. The zero-order valence-corrected chi connectivity index (χ0v) is 15.6. The predicted molar refractivity (Wildman–Crippen MR) is 106 cm³/mol. The first-order chi connectivity index (χ1) is 12.6. The highest BCUT2D eigenvalue weighted by atomic mass is 35.5. The number of benzene rings is 2. The number of fused-ring (bicyclic) bond motifs is 1. The third-order valence-electron chi connectivity index (χ3n) is 4.60. The van der Waals surface area contributed by atoms with Crippen molar-refractivity contribution in [1.82, 2.24) is 14.8 Å². The van der Waals surface area contributed by atoms with Crippen molar-refractivity contribution in [3.63, 3.8) is 0 Å². The number of nitrogens with one attached hydrogen (secondary N) is 1. The lowest BCUT2D eigenvalue weighted by atomic mass is 10.1. The van der Waals surface area contributed by atoms with Crippen LogP contribution < -0.4 is 10.2 Å². The Morgan fingerprint density at radius 1 is 1.15 bits per heavy atom. The van der Waals surface area contributed by atoms with Crippen molar-refractivity contribution in [2.45, 2.75) is 6.54 Å². The predicted octanol–water partition coefficient (Wildman–Crippen LogP) is 2.82. The number of halogens is 1. The molecular formula is C19H18ClN3O2S. The van der Waals surface area contributed by atoms with Gasteiger partial charge in [-0.05, 0) is 17.7 Å². The summed E-state index contributed by atoms with van der Waals surface area (Å²) in [4.78, 5) is 26.7. The molecule has 1 amide bonds. The normalized spacial score (nSPS) is 14.7. The van der Waals surface area contributed by atoms with Gasteiger partial charge in [0.1, 0.15) is 6.54 Å². The van der Waals surface area contributed by atoms with E-state index in [-0.39, 0.29) is 17.3 Å². The minimum atomic E-state index is -0.134. The molecule has 1 N–H and O–H groups in total. The van der Waals surface area contributed by atoms with E-state index in [9.17, 15) is 9.59 Å². The van der Waals surface area contributed by atoms with E-state index < -0.39 is 0 Å². The van der Waals surface area contributed by atoms with E-state index in [1.165, 1.54) is 4.57 Å². The number of amides is 1. The Labute approximate surface area is 159 Å². The minimum Gasteiger partial charge on any atom is -0.339 e. The van der Waals surface area contributed by atoms with Crippen molar-refractivity contribution in [1.29, 1.82) is 0 Å². The first kappa shape index (κ1) is 17.3. The Morgan fingerprint density at radius 3 is 2.62 bits per heavy atom. The lowest BCUT2D eigenvalue weighted by Crippen LogP contribution is -2.47. The van der Waals surface area contributed by atoms with Gasteiger partial charge in [0.25, 0.3) is 0 Å². The van der Waals surface area contributed by atoms with Crippen LogP contribution in [-0.2, 0) is 11.3 Å². The van der Waals surface area contributed by atoms with Gasteiger partial charge in [-0.1, -0.05) is 53.3 Å². The van der Waals surface area contributed by atoms with E-state index in [4.69, 9.17) is 11.6 Å². The van der Waals surface area contributed by atoms with Crippen LogP contribution in [-0.4, -0.2) is 41.6 Å². The topological polar surface area (TPSA) is 54.3 Å². The largest absolute Gasteiger partial charge is 0.339 e. The zero-order valence-electron chi connectivity index (χ0n) is 14.1. The van der Waals surface area contributed by atoms with Gasteiger partial charge >= 0.3 is 4.87 Å². The molecule has 1 aliphatic rings. The third-order valence-corrected chi connectivity index (χ3v) is 5.86. The molecule has 1 aliphatic heterocycles. The van der Waals surface area contributed by atoms with E-state index in [0.29, 0.717) is 23.6 Å². The number of nitrogens with zero attached hydrogens (tertiary/aromatic N) is 2. The lowest BCUT2D eigenvalue weighted by Gasteiger charge is -2.27. The molecule has 5 nitrogen and oxygen atoms in total. The van der Waals surface area contributed by atoms with Crippen LogP contribution in [0.4, 0.5) is 0 Å². The second kappa shape index (κ2) is 7.23. The van der Waals surface area contributed by atoms with E-state index in [0.717, 1.165) is 40.3 Å². The highest BCUT2D eigenvalue weighted by Gasteiger charge is 2.19. The Bertz CT molecular complexity index is 1010. The SMILES string of the molecule is O=C(Cn1c(=O)sc2cc(-c3ccccc3)c(Cl)cc21)N1CCNCC1. The molecule has 1 saturated heterocycles. The summed E-state index contributed by atoms with van der Waals surface area (Å²) in [5.74, 6) is -0.0310. The lowest BCUT2D eigenvalue weighted by molar-refractivity contribution is -0.132. The van der Waals surface area contributed by atoms with Gasteiger partial charge in [0, 0.05) is 31.7 Å². The second-order valence-electron chi connectivity index (χ2n) is 6.25. The Balaban J connectivity index is 1.70. The first-order valence-corrected chi connectivity index (χ1v) is 9.70. The smallest absolute Gasteiger partial charge is 0.308 e. The van der Waals surface area contributed by atoms with Crippen molar-refractivity contribution < 1.29 is 4.79 Å². The fourth-order valence-electron chi connectivity index (χ4n) is 3.22. The molecule has 0 atom stereocenters. The van der Waals surface area contributed by atoms with Crippen molar-refractivity contribution in [2.24, 2.45) is 0 Å². The number of thiazole rings is 1. The molecular weight excluding hydrogens is 370 g/mol. The Morgan fingerprint density at radius 2 is 1.88 bits per heavy atom. The van der Waals surface area contributed by atoms with Gasteiger partial charge in [-0.25, -0.2) is 0 Å². The maximum absolute atomic E-state index is 12.5. The molecule has 0 spiro atoms. The summed E-state index contributed by atoms with van der Waals surface area (Å²) < 4.78 is 2.37. The van der Waals surface area contributed by atoms with Crippen LogP contribution in [0.2, 0.25) is 5.02 Å². The van der Waals surface area contributed by atoms with Crippen molar-refractivity contribution in [3.05, 3.63) is 57.2 Å². The average Bonchev–Trinajstić information content (AvgIpc) is 2.97. The first-order valence-electron chi connectivity index (χ1n) is 8.50. The summed E-state index contributed by atoms with van der Waals surface area (Å²) in [5, 5.41) is 3.79. The molecule has 0 bridgehead atoms. The third kappa shape index (κ3) is 3.28. The van der Waals surface area contributed by atoms with Crippen molar-refractivity contribution in [2.75, 3.05) is 26.2 Å². The number of carbonyl (C=O) groups excluding carboxylic acids is 1. The molecule has 4 rings (SSSR count). The number of piperazine rings is 1. The van der Waals surface area contributed by atoms with Crippen molar-refractivity contribution >= 4 is 39.1 Å². The summed E-state index contributed by atoms with van der Waals surface area (Å²) in [6.07, 6.45) is 0. The summed E-state index contributed by atoms with van der Waals surface area (Å²) in [6, 6.07) is 13.6. The van der Waals surface area contributed by atoms with E-state index in [1.54, 1.807) is 11.0 Å². The molecule has 2 heterocycles. The molecule has 3 aromatic rings. The van der Waals surface area contributed by atoms with E-state index in [1.807, 2.05) is 36.4 Å². The van der Waals surface area contributed by atoms with Gasteiger partial charge in [-0.3, -0.25) is 14.2 Å². The summed E-state index contributed by atoms with van der Waals surface area (Å²) in [5.41, 5.74) is 2.61. The molecule has 0 radical (unpaired) electrons. The maximum atomic E-state index is 12.5. The van der Waals surface area contributed by atoms with Gasteiger partial charge in [-0.2, -0.15) is 0 Å². The van der Waals surface area contributed by atoms with Gasteiger partial charge < -0.3 is 10.2 Å². The van der Waals surface area contributed by atoms with Crippen LogP contribution in [0.25, 0.3) is 21.3 Å². The Hall–Kier alpha value is -2.15. The summed E-state index contributed by atoms with van der Waals surface area (Å²) >= 11 is 7.64. The van der Waals surface area contributed by atoms with Gasteiger partial charge in [0.05, 0.1) is 15.2 Å². The highest BCUT2D eigenvalue weighted by Crippen LogP contribution is 2.33. The van der Waals surface area contributed by atoms with Gasteiger partial charge in [0.15, 0.2) is 0 Å². The van der Waals surface area contributed by atoms with Crippen LogP contribution in [0.15, 0.2) is 47.3 Å². The zero-order chi connectivity index (χ0) is 18.1. The quantitative estimate of drug-likeness (QED) is 0.751. The fourth-order valence-corrected chi connectivity index (χ4v) is 4.40. The number of hydrogen-bond acceptors (Lipinski definition) is 4. The Kier molecular flexibility index (Phi) is 4.80. The van der Waals surface area contributed by atoms with Gasteiger partial charge in [-0.15, -0.1) is 0 Å². The summed E-state index contributed by atoms with van der Waals surface area (Å²) in [6.45, 7) is 2.98. The second-order valence-corrected chi connectivity index (χ2v) is 7.65. The van der Waals surface area contributed by atoms with Crippen LogP contribution >= 0.6 is 22.9 Å². The monoisotopic (exact) mass is 387 g/mol. The maximum Gasteiger partial charge on any atom is 0.308 e. The van der Waals surface area contributed by atoms with Crippen LogP contribution in [0, 0.1) is 0 Å². The van der Waals surface area contributed by atoms with E-state index in [2.05, 4.69) is 5.32 Å². The molecule has 26 heavy (non-hydrogen) atoms. The average molecular weight is 388 g/mol. The van der Waals surface area contributed by atoms with Gasteiger partial charge in [0.2, 0.25) is 5.91 Å². The number of rotatable bonds is 3. The van der Waals surface area contributed by atoms with E-state index >= 15 is 0 Å². The number of aromatic nitrogens is 1. The highest BCUT2D eigenvalue weighted by molar-refractivity contribution is 7.16. The fraction of sp³-hybridized carbons (Fsp3) is 0.263. The van der Waals surface area contributed by atoms with Crippen LogP contribution in [0.1, 0.15) is 0 Å². The molecule has 0 aliphatic carbocycles. The molecule has 134 valence electrons. The number of hydrogen-bond donors (Lipinski definition) is 1. The van der Waals surface area contributed by atoms with Crippen LogP contribution in [0.3, 0.4) is 0 Å².